The van der Waals surface area contributed by atoms with E-state index in [-0.39, 0.29) is 30.6 Å². The summed E-state index contributed by atoms with van der Waals surface area (Å²) in [4.78, 5) is 0.0577. The molecular formula is C14H24N4O3S. The Bertz CT molecular complexity index is 451. The van der Waals surface area contributed by atoms with Crippen molar-refractivity contribution in [2.24, 2.45) is 5.73 Å². The summed E-state index contributed by atoms with van der Waals surface area (Å²) in [7, 11) is 1.67. The van der Waals surface area contributed by atoms with Gasteiger partial charge in [-0.2, -0.15) is 0 Å². The zero-order valence-electron chi connectivity index (χ0n) is 12.8. The van der Waals surface area contributed by atoms with Crippen LogP contribution >= 0.6 is 12.2 Å². The van der Waals surface area contributed by atoms with Crippen LogP contribution < -0.4 is 11.1 Å². The van der Waals surface area contributed by atoms with Gasteiger partial charge in [-0.1, -0.05) is 18.3 Å². The van der Waals surface area contributed by atoms with Crippen LogP contribution in [0.15, 0.2) is 23.4 Å². The van der Waals surface area contributed by atoms with E-state index in [9.17, 15) is 5.21 Å². The van der Waals surface area contributed by atoms with E-state index in [2.05, 4.69) is 5.32 Å². The maximum atomic E-state index is 9.95. The maximum absolute atomic E-state index is 9.95. The van der Waals surface area contributed by atoms with Crippen LogP contribution in [0.3, 0.4) is 0 Å². The van der Waals surface area contributed by atoms with Crippen molar-refractivity contribution in [3.63, 3.8) is 0 Å². The van der Waals surface area contributed by atoms with Crippen LogP contribution in [0.25, 0.3) is 0 Å². The van der Waals surface area contributed by atoms with E-state index in [4.69, 9.17) is 32.8 Å². The fourth-order valence-corrected chi connectivity index (χ4v) is 2.04. The summed E-state index contributed by atoms with van der Waals surface area (Å²) in [6.45, 7) is 1.75. The number of nitrogens with one attached hydrogen (secondary N) is 2. The van der Waals surface area contributed by atoms with Gasteiger partial charge in [0.2, 0.25) is 0 Å². The molecule has 0 saturated carbocycles. The van der Waals surface area contributed by atoms with Gasteiger partial charge in [0.25, 0.3) is 0 Å². The number of rotatable bonds is 10. The molecule has 0 saturated heterocycles. The Morgan fingerprint density at radius 3 is 2.86 bits per heavy atom. The molecule has 124 valence electrons. The van der Waals surface area contributed by atoms with Crippen molar-refractivity contribution in [2.45, 2.75) is 12.8 Å². The molecule has 1 aliphatic carbocycles. The topological polar surface area (TPSA) is 104 Å². The van der Waals surface area contributed by atoms with Crippen LogP contribution in [0.1, 0.15) is 12.8 Å². The third-order valence-corrected chi connectivity index (χ3v) is 3.56. The van der Waals surface area contributed by atoms with Crippen molar-refractivity contribution in [1.82, 2.24) is 10.4 Å². The van der Waals surface area contributed by atoms with Crippen LogP contribution in [-0.2, 0) is 9.47 Å². The summed E-state index contributed by atoms with van der Waals surface area (Å²) in [5, 5.41) is 21.8. The third kappa shape index (κ3) is 6.63. The maximum Gasteiger partial charge on any atom is 0.150 e. The largest absolute Gasteiger partial charge is 0.386 e. The highest BCUT2D eigenvalue weighted by atomic mass is 32.1. The average Bonchev–Trinajstić information content (AvgIpc) is 2.53. The predicted octanol–water partition coefficient (Wildman–Crippen LogP) is 0.798. The van der Waals surface area contributed by atoms with Crippen molar-refractivity contribution in [3.05, 3.63) is 23.4 Å². The van der Waals surface area contributed by atoms with Crippen LogP contribution in [0.4, 0.5) is 0 Å². The van der Waals surface area contributed by atoms with Crippen molar-refractivity contribution < 1.29 is 14.7 Å². The lowest BCUT2D eigenvalue weighted by Gasteiger charge is -2.22. The third-order valence-electron chi connectivity index (χ3n) is 3.10. The van der Waals surface area contributed by atoms with Crippen LogP contribution in [0.2, 0.25) is 0 Å². The van der Waals surface area contributed by atoms with E-state index in [1.165, 1.54) is 0 Å². The van der Waals surface area contributed by atoms with Gasteiger partial charge in [-0.05, 0) is 24.5 Å². The Morgan fingerprint density at radius 2 is 2.27 bits per heavy atom. The minimum atomic E-state index is -0.00108. The number of thiocarbonyl (C=S) groups is 1. The number of hydrogen-bond acceptors (Lipinski definition) is 7. The molecule has 0 bridgehead atoms. The molecule has 22 heavy (non-hydrogen) atoms. The number of nitrogens with two attached hydrogens (primary N) is 1. The van der Waals surface area contributed by atoms with Gasteiger partial charge in [0.15, 0.2) is 0 Å². The van der Waals surface area contributed by atoms with Gasteiger partial charge in [0.1, 0.15) is 4.99 Å². The second-order valence-corrected chi connectivity index (χ2v) is 5.18. The number of nitrogens with zero attached hydrogens (tertiary/aromatic N) is 1. The number of hydroxylamine groups is 2. The first-order valence-electron chi connectivity index (χ1n) is 7.05. The van der Waals surface area contributed by atoms with Crippen molar-refractivity contribution >= 4 is 22.9 Å². The predicted molar refractivity (Wildman–Crippen MR) is 89.1 cm³/mol. The Hall–Kier alpha value is -1.32. The molecule has 0 aliphatic heterocycles. The molecule has 0 radical (unpaired) electrons. The van der Waals surface area contributed by atoms with E-state index in [0.717, 1.165) is 35.7 Å². The van der Waals surface area contributed by atoms with E-state index in [0.29, 0.717) is 6.61 Å². The van der Waals surface area contributed by atoms with E-state index in [1.54, 1.807) is 7.11 Å². The Kier molecular flexibility index (Phi) is 8.86. The first-order valence-corrected chi connectivity index (χ1v) is 7.46. The number of methoxy groups -OCH3 is 1. The number of hydrogen-bond donors (Lipinski definition) is 4. The lowest BCUT2D eigenvalue weighted by atomic mass is 10.0. The average molecular weight is 328 g/mol. The lowest BCUT2D eigenvalue weighted by molar-refractivity contribution is -0.00102. The zero-order chi connectivity index (χ0) is 16.4. The molecule has 5 N–H and O–H groups in total. The highest BCUT2D eigenvalue weighted by Gasteiger charge is 2.15. The summed E-state index contributed by atoms with van der Waals surface area (Å²) < 4.78 is 9.89. The summed E-state index contributed by atoms with van der Waals surface area (Å²) in [6, 6.07) is 0. The monoisotopic (exact) mass is 328 g/mol. The number of allylic oxidation sites excluding steroid dienone is 3. The molecule has 0 fully saturated rings. The highest BCUT2D eigenvalue weighted by molar-refractivity contribution is 7.82. The molecule has 8 heteroatoms. The molecule has 0 unspecified atom stereocenters. The van der Waals surface area contributed by atoms with Gasteiger partial charge in [-0.15, -0.1) is 0 Å². The Morgan fingerprint density at radius 1 is 1.50 bits per heavy atom. The van der Waals surface area contributed by atoms with Gasteiger partial charge < -0.3 is 20.5 Å². The normalized spacial score (nSPS) is 14.1. The first kappa shape index (κ1) is 18.7. The fraction of sp³-hybridized carbons (Fsp3) is 0.571. The minimum absolute atomic E-state index is 0.00108. The van der Waals surface area contributed by atoms with Gasteiger partial charge in [-0.25, -0.2) is 5.06 Å². The minimum Gasteiger partial charge on any atom is -0.386 e. The second-order valence-electron chi connectivity index (χ2n) is 4.79. The molecule has 0 aromatic rings. The zero-order valence-corrected chi connectivity index (χ0v) is 13.6. The smallest absolute Gasteiger partial charge is 0.150 e. The highest BCUT2D eigenvalue weighted by Crippen LogP contribution is 2.17. The summed E-state index contributed by atoms with van der Waals surface area (Å²) in [5.41, 5.74) is 7.43. The summed E-state index contributed by atoms with van der Waals surface area (Å²) in [5.74, 6) is 0. The van der Waals surface area contributed by atoms with E-state index >= 15 is 0 Å². The van der Waals surface area contributed by atoms with Crippen molar-refractivity contribution in [1.29, 1.82) is 5.41 Å². The quantitative estimate of drug-likeness (QED) is 0.155. The Labute approximate surface area is 136 Å². The number of ether oxygens (including phenoxy) is 2. The molecule has 0 spiro atoms. The molecule has 0 aromatic heterocycles. The Balaban J connectivity index is 2.43. The summed E-state index contributed by atoms with van der Waals surface area (Å²) in [6.07, 6.45) is 5.67. The molecule has 0 atom stereocenters. The van der Waals surface area contributed by atoms with Gasteiger partial charge in [-0.3, -0.25) is 10.6 Å². The molecule has 7 nitrogen and oxygen atoms in total. The molecule has 0 aromatic carbocycles. The molecular weight excluding hydrogens is 304 g/mol. The summed E-state index contributed by atoms with van der Waals surface area (Å²) >= 11 is 5.04. The lowest BCUT2D eigenvalue weighted by Crippen LogP contribution is -2.36. The van der Waals surface area contributed by atoms with Crippen molar-refractivity contribution in [3.8, 4) is 0 Å². The van der Waals surface area contributed by atoms with Crippen LogP contribution in [-0.4, -0.2) is 61.1 Å². The molecule has 1 aliphatic rings. The van der Waals surface area contributed by atoms with Gasteiger partial charge in [0, 0.05) is 19.4 Å². The standard InChI is InChI=1S/C14H24N4O3S/c1-20-7-6-17-12-4-2-11(3-5-12)8-18(19)14(22)13(16)9-21-10-15/h2,4,16-17,19H,3,5-10,15H2,1H3. The fourth-order valence-electron chi connectivity index (χ4n) is 1.92. The SMILES string of the molecule is COCCNC1=CC=C(CN(O)C(=S)C(=N)COCN)CC1. The second kappa shape index (κ2) is 10.4. The van der Waals surface area contributed by atoms with Crippen LogP contribution in [0, 0.1) is 5.41 Å². The molecule has 0 heterocycles. The van der Waals surface area contributed by atoms with E-state index in [1.807, 2.05) is 12.2 Å². The van der Waals surface area contributed by atoms with Crippen LogP contribution in [0.5, 0.6) is 0 Å². The van der Waals surface area contributed by atoms with Gasteiger partial charge >= 0.3 is 0 Å². The molecule has 0 amide bonds. The van der Waals surface area contributed by atoms with E-state index < -0.39 is 0 Å². The molecule has 1 rings (SSSR count). The van der Waals surface area contributed by atoms with Gasteiger partial charge in [0.05, 0.1) is 32.2 Å². The van der Waals surface area contributed by atoms with Crippen molar-refractivity contribution in [2.75, 3.05) is 40.1 Å². The first-order chi connectivity index (χ1) is 10.6.